The molecule has 3 rings (SSSR count). The molecule has 0 unspecified atom stereocenters. The molecule has 6 nitrogen and oxygen atoms in total. The molecule has 2 aliphatic heterocycles. The number of imidazole rings is 1. The van der Waals surface area contributed by atoms with Crippen molar-refractivity contribution in [2.75, 3.05) is 19.6 Å². The topological polar surface area (TPSA) is 69.3 Å². The van der Waals surface area contributed by atoms with Gasteiger partial charge in [0, 0.05) is 32.0 Å². The number of hydrogen-bond acceptors (Lipinski definition) is 3. The van der Waals surface area contributed by atoms with E-state index in [-0.39, 0.29) is 6.04 Å². The summed E-state index contributed by atoms with van der Waals surface area (Å²) in [6.07, 6.45) is 7.25. The first-order valence-corrected chi connectivity index (χ1v) is 8.75. The largest absolute Gasteiger partial charge is 0.347 e. The monoisotopic (exact) mass is 298 g/mol. The standard InChI is InChI=1S/C13H22N4O2S/c1-11-4-2-8-16(10-11)20(18,19)17-9-3-5-12(17)13-14-6-7-15-13/h6-7,11-12H,2-5,8-10H2,1H3,(H,14,15)/t11-,12-/m0/s1. The highest BCUT2D eigenvalue weighted by atomic mass is 32.2. The fourth-order valence-corrected chi connectivity index (χ4v) is 5.24. The Morgan fingerprint density at radius 2 is 2.10 bits per heavy atom. The van der Waals surface area contributed by atoms with E-state index in [0.29, 0.717) is 25.6 Å². The summed E-state index contributed by atoms with van der Waals surface area (Å²) in [6, 6.07) is -0.132. The van der Waals surface area contributed by atoms with Gasteiger partial charge in [0.2, 0.25) is 0 Å². The minimum Gasteiger partial charge on any atom is -0.347 e. The molecule has 2 atom stereocenters. The third-order valence-electron chi connectivity index (χ3n) is 4.28. The second-order valence-electron chi connectivity index (χ2n) is 5.86. The van der Waals surface area contributed by atoms with Crippen LogP contribution in [0.3, 0.4) is 0 Å². The summed E-state index contributed by atoms with van der Waals surface area (Å²) >= 11 is 0. The fraction of sp³-hybridized carbons (Fsp3) is 0.769. The normalized spacial score (nSPS) is 29.9. The average molecular weight is 298 g/mol. The molecule has 0 bridgehead atoms. The molecule has 0 saturated carbocycles. The Balaban J connectivity index is 1.83. The molecule has 7 heteroatoms. The van der Waals surface area contributed by atoms with Gasteiger partial charge < -0.3 is 4.98 Å². The van der Waals surface area contributed by atoms with Crippen LogP contribution < -0.4 is 0 Å². The lowest BCUT2D eigenvalue weighted by molar-refractivity contribution is 0.252. The molecule has 0 radical (unpaired) electrons. The van der Waals surface area contributed by atoms with E-state index in [2.05, 4.69) is 16.9 Å². The number of H-pyrrole nitrogens is 1. The first-order valence-electron chi connectivity index (χ1n) is 7.35. The number of nitrogens with one attached hydrogen (secondary N) is 1. The van der Waals surface area contributed by atoms with Gasteiger partial charge in [-0.05, 0) is 31.6 Å². The third-order valence-corrected chi connectivity index (χ3v) is 6.30. The highest BCUT2D eigenvalue weighted by Crippen LogP contribution is 2.34. The van der Waals surface area contributed by atoms with Crippen LogP contribution in [0.5, 0.6) is 0 Å². The van der Waals surface area contributed by atoms with Crippen molar-refractivity contribution in [3.63, 3.8) is 0 Å². The average Bonchev–Trinajstić information content (AvgIpc) is 3.09. The molecular weight excluding hydrogens is 276 g/mol. The summed E-state index contributed by atoms with van der Waals surface area (Å²) in [5.74, 6) is 1.21. The van der Waals surface area contributed by atoms with Gasteiger partial charge in [0.1, 0.15) is 5.82 Å². The zero-order chi connectivity index (χ0) is 14.2. The zero-order valence-electron chi connectivity index (χ0n) is 11.8. The third kappa shape index (κ3) is 2.49. The Labute approximate surface area is 120 Å². The van der Waals surface area contributed by atoms with Gasteiger partial charge in [-0.15, -0.1) is 0 Å². The van der Waals surface area contributed by atoms with Crippen LogP contribution in [0.4, 0.5) is 0 Å². The maximum atomic E-state index is 12.8. The van der Waals surface area contributed by atoms with E-state index in [1.54, 1.807) is 21.0 Å². The molecule has 0 spiro atoms. The molecule has 1 aromatic heterocycles. The minimum atomic E-state index is -3.36. The van der Waals surface area contributed by atoms with Crippen LogP contribution in [0, 0.1) is 5.92 Å². The molecule has 1 N–H and O–H groups in total. The Bertz CT molecular complexity index is 543. The number of hydrogen-bond donors (Lipinski definition) is 1. The fourth-order valence-electron chi connectivity index (χ4n) is 3.25. The van der Waals surface area contributed by atoms with Crippen LogP contribution in [0.2, 0.25) is 0 Å². The zero-order valence-corrected chi connectivity index (χ0v) is 12.6. The Hall–Kier alpha value is -0.920. The van der Waals surface area contributed by atoms with Crippen molar-refractivity contribution in [3.05, 3.63) is 18.2 Å². The molecule has 0 amide bonds. The van der Waals surface area contributed by atoms with Crippen molar-refractivity contribution < 1.29 is 8.42 Å². The van der Waals surface area contributed by atoms with E-state index in [0.717, 1.165) is 31.5 Å². The molecule has 112 valence electrons. The van der Waals surface area contributed by atoms with Gasteiger partial charge in [0.05, 0.1) is 6.04 Å². The summed E-state index contributed by atoms with van der Waals surface area (Å²) in [5, 5.41) is 0. The van der Waals surface area contributed by atoms with Crippen molar-refractivity contribution in [1.82, 2.24) is 18.6 Å². The van der Waals surface area contributed by atoms with Crippen molar-refractivity contribution in [1.29, 1.82) is 0 Å². The number of aromatic amines is 1. The Morgan fingerprint density at radius 1 is 1.30 bits per heavy atom. The van der Waals surface area contributed by atoms with E-state index in [1.807, 2.05) is 0 Å². The van der Waals surface area contributed by atoms with Gasteiger partial charge in [-0.25, -0.2) is 4.98 Å². The van der Waals surface area contributed by atoms with Gasteiger partial charge in [-0.1, -0.05) is 6.92 Å². The van der Waals surface area contributed by atoms with Crippen LogP contribution in [0.15, 0.2) is 12.4 Å². The SMILES string of the molecule is C[C@H]1CCCN(S(=O)(=O)N2CCC[C@H]2c2ncc[nH]2)C1. The van der Waals surface area contributed by atoms with Crippen LogP contribution in [0.25, 0.3) is 0 Å². The lowest BCUT2D eigenvalue weighted by Gasteiger charge is -2.34. The van der Waals surface area contributed by atoms with Gasteiger partial charge in [-0.2, -0.15) is 17.0 Å². The van der Waals surface area contributed by atoms with Gasteiger partial charge in [-0.3, -0.25) is 0 Å². The molecule has 2 saturated heterocycles. The highest BCUT2D eigenvalue weighted by Gasteiger charge is 2.40. The molecule has 2 fully saturated rings. The first kappa shape index (κ1) is 14.0. The summed E-state index contributed by atoms with van der Waals surface area (Å²) in [7, 11) is -3.36. The maximum absolute atomic E-state index is 12.8. The highest BCUT2D eigenvalue weighted by molar-refractivity contribution is 7.86. The second kappa shape index (κ2) is 5.46. The summed E-state index contributed by atoms with van der Waals surface area (Å²) < 4.78 is 29.0. The molecule has 3 heterocycles. The molecular formula is C13H22N4O2S. The number of nitrogens with zero attached hydrogens (tertiary/aromatic N) is 3. The maximum Gasteiger partial charge on any atom is 0.282 e. The van der Waals surface area contributed by atoms with Crippen LogP contribution >= 0.6 is 0 Å². The summed E-state index contributed by atoms with van der Waals surface area (Å²) in [5.41, 5.74) is 0. The predicted octanol–water partition coefficient (Wildman–Crippen LogP) is 1.52. The van der Waals surface area contributed by atoms with Crippen molar-refractivity contribution >= 4 is 10.2 Å². The summed E-state index contributed by atoms with van der Waals surface area (Å²) in [6.45, 7) is 4.01. The van der Waals surface area contributed by atoms with Crippen molar-refractivity contribution in [2.24, 2.45) is 5.92 Å². The second-order valence-corrected chi connectivity index (χ2v) is 7.74. The van der Waals surface area contributed by atoms with Crippen LogP contribution in [-0.4, -0.2) is 46.6 Å². The van der Waals surface area contributed by atoms with Crippen LogP contribution in [-0.2, 0) is 10.2 Å². The Kier molecular flexibility index (Phi) is 3.83. The molecule has 0 aliphatic carbocycles. The van der Waals surface area contributed by atoms with E-state index in [9.17, 15) is 8.42 Å². The number of piperidine rings is 1. The van der Waals surface area contributed by atoms with Gasteiger partial charge in [0.15, 0.2) is 0 Å². The first-order chi connectivity index (χ1) is 9.59. The quantitative estimate of drug-likeness (QED) is 0.920. The van der Waals surface area contributed by atoms with Crippen LogP contribution in [0.1, 0.15) is 44.5 Å². The van der Waals surface area contributed by atoms with Gasteiger partial charge in [0.25, 0.3) is 10.2 Å². The van der Waals surface area contributed by atoms with E-state index in [4.69, 9.17) is 0 Å². The lowest BCUT2D eigenvalue weighted by atomic mass is 10.0. The molecule has 2 aliphatic rings. The number of rotatable bonds is 3. The summed E-state index contributed by atoms with van der Waals surface area (Å²) in [4.78, 5) is 7.30. The predicted molar refractivity (Wildman–Crippen MR) is 76.2 cm³/mol. The molecule has 1 aromatic rings. The molecule has 0 aromatic carbocycles. The van der Waals surface area contributed by atoms with Gasteiger partial charge >= 0.3 is 0 Å². The van der Waals surface area contributed by atoms with Crippen molar-refractivity contribution in [3.8, 4) is 0 Å². The van der Waals surface area contributed by atoms with E-state index < -0.39 is 10.2 Å². The molecule has 20 heavy (non-hydrogen) atoms. The lowest BCUT2D eigenvalue weighted by Crippen LogP contribution is -2.47. The smallest absolute Gasteiger partial charge is 0.282 e. The minimum absolute atomic E-state index is 0.132. The van der Waals surface area contributed by atoms with E-state index in [1.165, 1.54) is 0 Å². The Morgan fingerprint density at radius 3 is 2.80 bits per heavy atom. The number of aromatic nitrogens is 2. The van der Waals surface area contributed by atoms with E-state index >= 15 is 0 Å². The van der Waals surface area contributed by atoms with Crippen molar-refractivity contribution in [2.45, 2.75) is 38.6 Å².